The first-order valence-corrected chi connectivity index (χ1v) is 6.20. The molecule has 2 rings (SSSR count). The van der Waals surface area contributed by atoms with Gasteiger partial charge in [-0.2, -0.15) is 5.10 Å². The van der Waals surface area contributed by atoms with Crippen molar-refractivity contribution in [2.75, 3.05) is 7.11 Å². The van der Waals surface area contributed by atoms with E-state index in [0.717, 1.165) is 31.6 Å². The van der Waals surface area contributed by atoms with Crippen LogP contribution in [-0.4, -0.2) is 27.4 Å². The Labute approximate surface area is 106 Å². The van der Waals surface area contributed by atoms with E-state index in [-0.39, 0.29) is 18.2 Å². The highest BCUT2D eigenvalue weighted by Crippen LogP contribution is 2.19. The molecule has 6 heteroatoms. The Morgan fingerprint density at radius 2 is 2.17 bits per heavy atom. The Balaban J connectivity index is 2.28. The van der Waals surface area contributed by atoms with Crippen LogP contribution in [0.15, 0.2) is 4.79 Å². The summed E-state index contributed by atoms with van der Waals surface area (Å²) in [5.74, 6) is 0.493. The Hall–Kier alpha value is -1.59. The smallest absolute Gasteiger partial charge is 0.345 e. The Morgan fingerprint density at radius 1 is 1.44 bits per heavy atom. The summed E-state index contributed by atoms with van der Waals surface area (Å²) in [6.07, 6.45) is 2.91. The molecule has 1 aliphatic rings. The molecule has 1 aromatic rings. The zero-order valence-electron chi connectivity index (χ0n) is 11.1. The maximum absolute atomic E-state index is 12.1. The fourth-order valence-electron chi connectivity index (χ4n) is 2.27. The lowest BCUT2D eigenvalue weighted by Gasteiger charge is -2.20. The van der Waals surface area contributed by atoms with Crippen LogP contribution in [0.4, 0.5) is 0 Å². The van der Waals surface area contributed by atoms with E-state index in [1.54, 1.807) is 18.4 Å². The maximum atomic E-state index is 12.1. The van der Waals surface area contributed by atoms with Gasteiger partial charge in [-0.1, -0.05) is 0 Å². The maximum Gasteiger partial charge on any atom is 0.345 e. The molecule has 0 fully saturated rings. The van der Waals surface area contributed by atoms with Gasteiger partial charge in [-0.3, -0.25) is 9.36 Å². The van der Waals surface area contributed by atoms with Crippen LogP contribution in [0.25, 0.3) is 0 Å². The number of esters is 1. The van der Waals surface area contributed by atoms with Crippen molar-refractivity contribution in [1.29, 1.82) is 0 Å². The summed E-state index contributed by atoms with van der Waals surface area (Å²) in [6.45, 7) is 4.48. The van der Waals surface area contributed by atoms with E-state index >= 15 is 0 Å². The topological polar surface area (TPSA) is 66.1 Å². The van der Waals surface area contributed by atoms with E-state index in [1.807, 2.05) is 0 Å². The van der Waals surface area contributed by atoms with Gasteiger partial charge in [0.2, 0.25) is 0 Å². The summed E-state index contributed by atoms with van der Waals surface area (Å²) in [5, 5.41) is 4.31. The van der Waals surface area contributed by atoms with Gasteiger partial charge >= 0.3 is 11.7 Å². The summed E-state index contributed by atoms with van der Waals surface area (Å²) in [7, 11) is 1.35. The average molecular weight is 253 g/mol. The molecule has 1 aliphatic heterocycles. The molecule has 0 N–H and O–H groups in total. The zero-order valence-corrected chi connectivity index (χ0v) is 11.1. The molecular weight excluding hydrogens is 234 g/mol. The second-order valence-corrected chi connectivity index (χ2v) is 5.34. The fraction of sp³-hybridized carbons (Fsp3) is 0.750. The van der Waals surface area contributed by atoms with E-state index in [9.17, 15) is 9.59 Å². The number of methoxy groups -OCH3 is 1. The summed E-state index contributed by atoms with van der Waals surface area (Å²) >= 11 is 0. The number of hydrogen-bond acceptors (Lipinski definition) is 4. The molecule has 0 radical (unpaired) electrons. The highest BCUT2D eigenvalue weighted by atomic mass is 16.5. The van der Waals surface area contributed by atoms with Gasteiger partial charge in [0.15, 0.2) is 0 Å². The molecule has 0 aliphatic carbocycles. The van der Waals surface area contributed by atoms with Crippen molar-refractivity contribution < 1.29 is 9.53 Å². The summed E-state index contributed by atoms with van der Waals surface area (Å²) in [4.78, 5) is 23.7. The molecule has 18 heavy (non-hydrogen) atoms. The van der Waals surface area contributed by atoms with E-state index in [4.69, 9.17) is 4.74 Å². The van der Waals surface area contributed by atoms with Crippen LogP contribution in [0.5, 0.6) is 0 Å². The molecule has 0 atom stereocenters. The second-order valence-electron chi connectivity index (χ2n) is 5.34. The number of nitrogens with zero attached hydrogens (tertiary/aromatic N) is 3. The van der Waals surface area contributed by atoms with E-state index in [0.29, 0.717) is 0 Å². The summed E-state index contributed by atoms with van der Waals surface area (Å²) in [6, 6.07) is 0. The predicted octanol–water partition coefficient (Wildman–Crippen LogP) is 0.580. The number of fused-ring (bicyclic) bond motifs is 1. The van der Waals surface area contributed by atoms with E-state index in [1.165, 1.54) is 11.8 Å². The van der Waals surface area contributed by atoms with Crippen LogP contribution < -0.4 is 5.69 Å². The molecule has 1 aromatic heterocycles. The highest BCUT2D eigenvalue weighted by Gasteiger charge is 2.31. The number of aromatic nitrogens is 3. The van der Waals surface area contributed by atoms with Crippen LogP contribution in [0, 0.1) is 5.41 Å². The second kappa shape index (κ2) is 4.59. The van der Waals surface area contributed by atoms with Crippen molar-refractivity contribution in [1.82, 2.24) is 14.3 Å². The number of ether oxygens (including phenoxy) is 1. The Kier molecular flexibility index (Phi) is 3.28. The normalized spacial score (nSPS) is 15.3. The van der Waals surface area contributed by atoms with Crippen LogP contribution in [-0.2, 0) is 29.0 Å². The monoisotopic (exact) mass is 253 g/mol. The largest absolute Gasteiger partial charge is 0.469 e. The summed E-state index contributed by atoms with van der Waals surface area (Å²) < 4.78 is 7.83. The molecule has 0 saturated heterocycles. The van der Waals surface area contributed by atoms with Gasteiger partial charge in [0.1, 0.15) is 5.82 Å². The Morgan fingerprint density at radius 3 is 2.78 bits per heavy atom. The van der Waals surface area contributed by atoms with E-state index in [2.05, 4.69) is 5.10 Å². The minimum absolute atomic E-state index is 0.123. The van der Waals surface area contributed by atoms with Crippen LogP contribution >= 0.6 is 0 Å². The molecule has 0 spiro atoms. The molecule has 100 valence electrons. The SMILES string of the molecule is COC(=O)C(C)(C)Cn1nc2n(c1=O)CCCC2. The van der Waals surface area contributed by atoms with Gasteiger partial charge in [0, 0.05) is 13.0 Å². The number of rotatable bonds is 3. The fourth-order valence-corrected chi connectivity index (χ4v) is 2.27. The molecular formula is C12H19N3O3. The molecule has 0 bridgehead atoms. The van der Waals surface area contributed by atoms with Gasteiger partial charge in [-0.25, -0.2) is 9.48 Å². The number of hydrogen-bond donors (Lipinski definition) is 0. The first kappa shape index (κ1) is 12.9. The molecule has 0 aromatic carbocycles. The van der Waals surface area contributed by atoms with Crippen molar-refractivity contribution in [2.45, 2.75) is 46.2 Å². The Bertz CT molecular complexity index is 513. The third kappa shape index (κ3) is 2.19. The molecule has 0 unspecified atom stereocenters. The van der Waals surface area contributed by atoms with Gasteiger partial charge in [0.05, 0.1) is 19.1 Å². The first-order valence-electron chi connectivity index (χ1n) is 6.20. The first-order chi connectivity index (χ1) is 8.45. The molecule has 0 saturated carbocycles. The van der Waals surface area contributed by atoms with Crippen LogP contribution in [0.2, 0.25) is 0 Å². The van der Waals surface area contributed by atoms with Gasteiger partial charge in [-0.05, 0) is 26.7 Å². The number of carbonyl (C=O) groups is 1. The van der Waals surface area contributed by atoms with Crippen molar-refractivity contribution >= 4 is 5.97 Å². The van der Waals surface area contributed by atoms with Crippen molar-refractivity contribution in [2.24, 2.45) is 5.41 Å². The molecule has 2 heterocycles. The van der Waals surface area contributed by atoms with Gasteiger partial charge < -0.3 is 4.74 Å². The quantitative estimate of drug-likeness (QED) is 0.739. The minimum Gasteiger partial charge on any atom is -0.469 e. The lowest BCUT2D eigenvalue weighted by Crippen LogP contribution is -2.36. The lowest BCUT2D eigenvalue weighted by molar-refractivity contribution is -0.151. The molecule has 6 nitrogen and oxygen atoms in total. The zero-order chi connectivity index (χ0) is 13.3. The van der Waals surface area contributed by atoms with Crippen LogP contribution in [0.1, 0.15) is 32.5 Å². The minimum atomic E-state index is -0.747. The highest BCUT2D eigenvalue weighted by molar-refractivity contribution is 5.75. The molecule has 0 amide bonds. The average Bonchev–Trinajstić information content (AvgIpc) is 2.65. The van der Waals surface area contributed by atoms with E-state index < -0.39 is 5.41 Å². The standard InChI is InChI=1S/C12H19N3O3/c1-12(2,10(16)18-3)8-15-11(17)14-7-5-4-6-9(14)13-15/h4-8H2,1-3H3. The number of aryl methyl sites for hydroxylation is 1. The van der Waals surface area contributed by atoms with Gasteiger partial charge in [0.25, 0.3) is 0 Å². The predicted molar refractivity (Wildman–Crippen MR) is 65.2 cm³/mol. The van der Waals surface area contributed by atoms with Crippen molar-refractivity contribution in [3.8, 4) is 0 Å². The third-order valence-electron chi connectivity index (χ3n) is 3.31. The van der Waals surface area contributed by atoms with Crippen molar-refractivity contribution in [3.63, 3.8) is 0 Å². The number of carbonyl (C=O) groups excluding carboxylic acids is 1. The third-order valence-corrected chi connectivity index (χ3v) is 3.31. The summed E-state index contributed by atoms with van der Waals surface area (Å²) in [5.41, 5.74) is -0.870. The van der Waals surface area contributed by atoms with Crippen molar-refractivity contribution in [3.05, 3.63) is 16.3 Å². The van der Waals surface area contributed by atoms with Gasteiger partial charge in [-0.15, -0.1) is 0 Å². The van der Waals surface area contributed by atoms with Crippen LogP contribution in [0.3, 0.4) is 0 Å². The lowest BCUT2D eigenvalue weighted by atomic mass is 9.94.